The lowest BCUT2D eigenvalue weighted by molar-refractivity contribution is -0.122. The zero-order valence-electron chi connectivity index (χ0n) is 14.9. The SMILES string of the molecule is O=C(Nc1cccc2cccnc12)C1CC(=O)N(c2ccc3c(c2)OCO3)C1. The monoisotopic (exact) mass is 375 g/mol. The van der Waals surface area contributed by atoms with Gasteiger partial charge in [-0.2, -0.15) is 0 Å². The van der Waals surface area contributed by atoms with E-state index in [1.807, 2.05) is 30.3 Å². The van der Waals surface area contributed by atoms with Crippen LogP contribution in [0.4, 0.5) is 11.4 Å². The Kier molecular flexibility index (Phi) is 3.86. The van der Waals surface area contributed by atoms with Crippen LogP contribution in [0.15, 0.2) is 54.7 Å². The predicted molar refractivity (Wildman–Crippen MR) is 103 cm³/mol. The van der Waals surface area contributed by atoms with Crippen LogP contribution in [0.5, 0.6) is 11.5 Å². The van der Waals surface area contributed by atoms with Gasteiger partial charge in [0.15, 0.2) is 11.5 Å². The first-order chi connectivity index (χ1) is 13.7. The van der Waals surface area contributed by atoms with Crippen LogP contribution < -0.4 is 19.7 Å². The fraction of sp³-hybridized carbons (Fsp3) is 0.190. The molecule has 2 aliphatic rings. The summed E-state index contributed by atoms with van der Waals surface area (Å²) in [6, 6.07) is 14.8. The van der Waals surface area contributed by atoms with Crippen molar-refractivity contribution in [2.75, 3.05) is 23.6 Å². The van der Waals surface area contributed by atoms with Gasteiger partial charge in [-0.25, -0.2) is 0 Å². The number of carbonyl (C=O) groups excluding carboxylic acids is 2. The quantitative estimate of drug-likeness (QED) is 0.761. The van der Waals surface area contributed by atoms with Gasteiger partial charge in [0, 0.05) is 36.3 Å². The predicted octanol–water partition coefficient (Wildman–Crippen LogP) is 2.96. The maximum atomic E-state index is 12.8. The number of anilines is 2. The summed E-state index contributed by atoms with van der Waals surface area (Å²) in [6.07, 6.45) is 1.86. The second-order valence-corrected chi connectivity index (χ2v) is 6.81. The highest BCUT2D eigenvalue weighted by Gasteiger charge is 2.36. The lowest BCUT2D eigenvalue weighted by Crippen LogP contribution is -2.28. The third kappa shape index (κ3) is 2.81. The Bertz CT molecular complexity index is 1090. The number of pyridine rings is 1. The molecule has 0 aliphatic carbocycles. The van der Waals surface area contributed by atoms with Gasteiger partial charge >= 0.3 is 0 Å². The molecule has 2 aliphatic heterocycles. The minimum Gasteiger partial charge on any atom is -0.454 e. The zero-order chi connectivity index (χ0) is 19.1. The summed E-state index contributed by atoms with van der Waals surface area (Å²) in [5.74, 6) is 0.565. The van der Waals surface area contributed by atoms with E-state index < -0.39 is 5.92 Å². The van der Waals surface area contributed by atoms with Crippen LogP contribution in [0.25, 0.3) is 10.9 Å². The summed E-state index contributed by atoms with van der Waals surface area (Å²) in [5, 5.41) is 3.88. The number of amides is 2. The summed E-state index contributed by atoms with van der Waals surface area (Å²) in [5.41, 5.74) is 2.09. The Morgan fingerprint density at radius 2 is 1.96 bits per heavy atom. The number of hydrogen-bond donors (Lipinski definition) is 1. The Morgan fingerprint density at radius 3 is 2.89 bits per heavy atom. The van der Waals surface area contributed by atoms with Crippen molar-refractivity contribution in [1.29, 1.82) is 0 Å². The molecule has 7 nitrogen and oxygen atoms in total. The van der Waals surface area contributed by atoms with Crippen LogP contribution in [0.3, 0.4) is 0 Å². The van der Waals surface area contributed by atoms with Crippen molar-refractivity contribution in [2.45, 2.75) is 6.42 Å². The first kappa shape index (κ1) is 16.6. The van der Waals surface area contributed by atoms with Gasteiger partial charge in [0.2, 0.25) is 18.6 Å². The van der Waals surface area contributed by atoms with E-state index in [4.69, 9.17) is 9.47 Å². The van der Waals surface area contributed by atoms with Gasteiger partial charge in [-0.15, -0.1) is 0 Å². The van der Waals surface area contributed by atoms with Gasteiger partial charge in [0.25, 0.3) is 0 Å². The molecule has 2 amide bonds. The second kappa shape index (κ2) is 6.53. The molecule has 0 saturated carbocycles. The standard InChI is InChI=1S/C21H17N3O4/c25-19-9-14(11-24(19)15-6-7-17-18(10-15)28-12-27-17)21(26)23-16-5-1-3-13-4-2-8-22-20(13)16/h1-8,10,14H,9,11-12H2,(H,23,26). The van der Waals surface area contributed by atoms with Gasteiger partial charge in [-0.05, 0) is 24.3 Å². The largest absolute Gasteiger partial charge is 0.454 e. The highest BCUT2D eigenvalue weighted by Crippen LogP contribution is 2.37. The normalized spacial score (nSPS) is 17.9. The summed E-state index contributed by atoms with van der Waals surface area (Å²) in [7, 11) is 0. The number of carbonyl (C=O) groups is 2. The van der Waals surface area contributed by atoms with E-state index >= 15 is 0 Å². The number of ether oxygens (including phenoxy) is 2. The number of nitrogens with one attached hydrogen (secondary N) is 1. The van der Waals surface area contributed by atoms with E-state index in [0.717, 1.165) is 10.9 Å². The molecule has 5 rings (SSSR count). The average molecular weight is 375 g/mol. The number of rotatable bonds is 3. The molecule has 7 heteroatoms. The van der Waals surface area contributed by atoms with Crippen LogP contribution >= 0.6 is 0 Å². The molecule has 1 unspecified atom stereocenters. The van der Waals surface area contributed by atoms with E-state index in [0.29, 0.717) is 29.4 Å². The van der Waals surface area contributed by atoms with E-state index in [-0.39, 0.29) is 25.0 Å². The lowest BCUT2D eigenvalue weighted by Gasteiger charge is -2.17. The zero-order valence-corrected chi connectivity index (χ0v) is 14.9. The molecule has 0 radical (unpaired) electrons. The number of hydrogen-bond acceptors (Lipinski definition) is 5. The maximum absolute atomic E-state index is 12.8. The minimum atomic E-state index is -0.433. The van der Waals surface area contributed by atoms with E-state index in [1.54, 1.807) is 29.3 Å². The van der Waals surface area contributed by atoms with Crippen LogP contribution in [-0.2, 0) is 9.59 Å². The molecule has 1 atom stereocenters. The number of benzene rings is 2. The Balaban J connectivity index is 1.34. The minimum absolute atomic E-state index is 0.0879. The van der Waals surface area contributed by atoms with Crippen molar-refractivity contribution in [2.24, 2.45) is 5.92 Å². The summed E-state index contributed by atoms with van der Waals surface area (Å²) >= 11 is 0. The first-order valence-electron chi connectivity index (χ1n) is 9.04. The van der Waals surface area contributed by atoms with Crippen molar-refractivity contribution in [3.05, 3.63) is 54.7 Å². The third-order valence-corrected chi connectivity index (χ3v) is 5.05. The highest BCUT2D eigenvalue weighted by molar-refractivity contribution is 6.06. The lowest BCUT2D eigenvalue weighted by atomic mass is 10.1. The molecule has 1 N–H and O–H groups in total. The molecule has 140 valence electrons. The molecule has 2 aromatic carbocycles. The van der Waals surface area contributed by atoms with E-state index in [2.05, 4.69) is 10.3 Å². The smallest absolute Gasteiger partial charge is 0.231 e. The van der Waals surface area contributed by atoms with Crippen LogP contribution in [0.1, 0.15) is 6.42 Å². The molecule has 28 heavy (non-hydrogen) atoms. The van der Waals surface area contributed by atoms with Gasteiger partial charge in [0.05, 0.1) is 17.1 Å². The Labute approximate surface area is 160 Å². The summed E-state index contributed by atoms with van der Waals surface area (Å²) < 4.78 is 10.7. The van der Waals surface area contributed by atoms with Gasteiger partial charge in [-0.3, -0.25) is 14.6 Å². The van der Waals surface area contributed by atoms with Crippen molar-refractivity contribution in [1.82, 2.24) is 4.98 Å². The maximum Gasteiger partial charge on any atom is 0.231 e. The van der Waals surface area contributed by atoms with Crippen LogP contribution in [0.2, 0.25) is 0 Å². The summed E-state index contributed by atoms with van der Waals surface area (Å²) in [6.45, 7) is 0.499. The molecule has 1 fully saturated rings. The molecule has 1 saturated heterocycles. The highest BCUT2D eigenvalue weighted by atomic mass is 16.7. The van der Waals surface area contributed by atoms with Gasteiger partial charge in [0.1, 0.15) is 0 Å². The summed E-state index contributed by atoms with van der Waals surface area (Å²) in [4.78, 5) is 31.3. The van der Waals surface area contributed by atoms with Crippen molar-refractivity contribution in [3.8, 4) is 11.5 Å². The van der Waals surface area contributed by atoms with Crippen molar-refractivity contribution < 1.29 is 19.1 Å². The van der Waals surface area contributed by atoms with Crippen LogP contribution in [-0.4, -0.2) is 30.1 Å². The Hall–Kier alpha value is -3.61. The number of aromatic nitrogens is 1. The number of nitrogens with zero attached hydrogens (tertiary/aromatic N) is 2. The third-order valence-electron chi connectivity index (χ3n) is 5.05. The number of para-hydroxylation sites is 1. The molecule has 0 bridgehead atoms. The van der Waals surface area contributed by atoms with Crippen molar-refractivity contribution in [3.63, 3.8) is 0 Å². The van der Waals surface area contributed by atoms with Crippen molar-refractivity contribution >= 4 is 34.1 Å². The van der Waals surface area contributed by atoms with E-state index in [9.17, 15) is 9.59 Å². The van der Waals surface area contributed by atoms with Crippen LogP contribution in [0, 0.1) is 5.92 Å². The van der Waals surface area contributed by atoms with Gasteiger partial charge < -0.3 is 19.7 Å². The molecule has 1 aromatic heterocycles. The second-order valence-electron chi connectivity index (χ2n) is 6.81. The molecule has 0 spiro atoms. The fourth-order valence-corrected chi connectivity index (χ4v) is 3.63. The topological polar surface area (TPSA) is 80.8 Å². The Morgan fingerprint density at radius 1 is 1.11 bits per heavy atom. The average Bonchev–Trinajstić information content (AvgIpc) is 3.34. The molecule has 3 heterocycles. The van der Waals surface area contributed by atoms with Gasteiger partial charge in [-0.1, -0.05) is 18.2 Å². The van der Waals surface area contributed by atoms with E-state index in [1.165, 1.54) is 0 Å². The number of fused-ring (bicyclic) bond motifs is 2. The molecular formula is C21H17N3O4. The first-order valence-corrected chi connectivity index (χ1v) is 9.04. The molecule has 3 aromatic rings. The molecular weight excluding hydrogens is 358 g/mol. The fourth-order valence-electron chi connectivity index (χ4n) is 3.63.